The van der Waals surface area contributed by atoms with E-state index in [4.69, 9.17) is 32.7 Å². The van der Waals surface area contributed by atoms with Crippen LogP contribution >= 0.6 is 23.2 Å². The van der Waals surface area contributed by atoms with Crippen molar-refractivity contribution < 1.29 is 37.0 Å². The summed E-state index contributed by atoms with van der Waals surface area (Å²) in [4.78, 5) is 40.1. The number of fused-ring (bicyclic) bond motifs is 1. The second kappa shape index (κ2) is 11.0. The molecule has 41 heavy (non-hydrogen) atoms. The molecule has 1 aliphatic heterocycles. The minimum absolute atomic E-state index is 0.00199. The summed E-state index contributed by atoms with van der Waals surface area (Å²) in [5.74, 6) is -3.90. The summed E-state index contributed by atoms with van der Waals surface area (Å²) in [5, 5.41) is 3.37. The molecule has 2 amide bonds. The van der Waals surface area contributed by atoms with E-state index in [1.807, 2.05) is 0 Å². The molecule has 6 rings (SSSR count). The van der Waals surface area contributed by atoms with E-state index in [1.165, 1.54) is 17.0 Å². The fourth-order valence-corrected chi connectivity index (χ4v) is 6.46. The van der Waals surface area contributed by atoms with Crippen molar-refractivity contribution in [2.24, 2.45) is 5.41 Å². The highest BCUT2D eigenvalue weighted by Crippen LogP contribution is 2.69. The molecule has 0 saturated heterocycles. The fourth-order valence-electron chi connectivity index (χ4n) is 6.17. The average molecular weight is 613 g/mol. The number of alkyl halides is 2. The van der Waals surface area contributed by atoms with Gasteiger partial charge < -0.3 is 19.7 Å². The van der Waals surface area contributed by atoms with Gasteiger partial charge in [0.1, 0.15) is 23.9 Å². The number of ether oxygens (including phenoxy) is 2. The van der Waals surface area contributed by atoms with E-state index in [1.54, 1.807) is 18.2 Å². The van der Waals surface area contributed by atoms with Crippen molar-refractivity contribution >= 4 is 46.5 Å². The maximum atomic E-state index is 13.6. The first-order valence-electron chi connectivity index (χ1n) is 13.3. The standard InChI is InChI=1S/C29H29Cl2F3N2O5/c1-27(33,34)8-2-3-25(38)36-12-24(41-23-7-4-17(30)9-22(23)36)26(39)35-29-14-28(15-29,16-29)11-18(37)13-40-19-5-6-20(31)21(32)10-19/h4-7,9-10,24H,2-3,8,11-16H2,1H3,(H,35,39). The number of carbonyl (C=O) groups is 3. The zero-order valence-corrected chi connectivity index (χ0v) is 23.8. The van der Waals surface area contributed by atoms with Crippen LogP contribution in [0.1, 0.15) is 51.9 Å². The number of hydrogen-bond donors (Lipinski definition) is 1. The van der Waals surface area contributed by atoms with Gasteiger partial charge in [0.15, 0.2) is 11.9 Å². The summed E-state index contributed by atoms with van der Waals surface area (Å²) in [6.45, 7) is 0.536. The number of benzene rings is 2. The third-order valence-electron chi connectivity index (χ3n) is 7.82. The highest BCUT2D eigenvalue weighted by molar-refractivity contribution is 6.31. The first-order chi connectivity index (χ1) is 19.3. The van der Waals surface area contributed by atoms with Gasteiger partial charge in [-0.25, -0.2) is 13.2 Å². The Morgan fingerprint density at radius 1 is 1.15 bits per heavy atom. The lowest BCUT2D eigenvalue weighted by molar-refractivity contribution is -0.175. The van der Waals surface area contributed by atoms with Crippen LogP contribution in [0.3, 0.4) is 0 Å². The Morgan fingerprint density at radius 3 is 2.56 bits per heavy atom. The van der Waals surface area contributed by atoms with Gasteiger partial charge >= 0.3 is 0 Å². The van der Waals surface area contributed by atoms with Crippen LogP contribution in [0.5, 0.6) is 11.5 Å². The number of anilines is 1. The summed E-state index contributed by atoms with van der Waals surface area (Å²) in [6.07, 6.45) is 0.625. The molecule has 2 aromatic carbocycles. The number of hydrogen-bond acceptors (Lipinski definition) is 5. The molecule has 7 nitrogen and oxygen atoms in total. The average Bonchev–Trinajstić information content (AvgIpc) is 2.85. The third kappa shape index (κ3) is 6.59. The van der Waals surface area contributed by atoms with Crippen LogP contribution in [0.4, 0.5) is 18.9 Å². The van der Waals surface area contributed by atoms with Gasteiger partial charge in [0, 0.05) is 35.9 Å². The van der Waals surface area contributed by atoms with Crippen molar-refractivity contribution in [2.75, 3.05) is 18.1 Å². The van der Waals surface area contributed by atoms with Gasteiger partial charge in [-0.1, -0.05) is 23.2 Å². The Morgan fingerprint density at radius 2 is 1.88 bits per heavy atom. The predicted octanol–water partition coefficient (Wildman–Crippen LogP) is 6.13. The van der Waals surface area contributed by atoms with Crippen LogP contribution < -0.4 is 19.7 Å². The Kier molecular flexibility index (Phi) is 7.93. The van der Waals surface area contributed by atoms with Crippen molar-refractivity contribution in [3.8, 4) is 11.5 Å². The summed E-state index contributed by atoms with van der Waals surface area (Å²) >= 11 is 11.8. The minimum Gasteiger partial charge on any atom is -0.486 e. The molecule has 2 bridgehead atoms. The van der Waals surface area contributed by atoms with E-state index in [0.29, 0.717) is 35.7 Å². The monoisotopic (exact) mass is 612 g/mol. The first kappa shape index (κ1) is 29.5. The van der Waals surface area contributed by atoms with Crippen LogP contribution in [0.25, 0.3) is 0 Å². The van der Waals surface area contributed by atoms with Gasteiger partial charge in [-0.3, -0.25) is 14.4 Å². The molecule has 1 N–H and O–H groups in total. The number of rotatable bonds is 11. The number of halogens is 5. The molecule has 12 heteroatoms. The summed E-state index contributed by atoms with van der Waals surface area (Å²) < 4.78 is 51.4. The Balaban J connectivity index is 1.14. The number of Topliss-reactive ketones (excluding diaryl/α,β-unsaturated/α-hetero) is 1. The molecule has 3 fully saturated rings. The molecule has 3 aliphatic carbocycles. The van der Waals surface area contributed by atoms with E-state index in [-0.39, 0.29) is 54.4 Å². The molecule has 1 heterocycles. The van der Waals surface area contributed by atoms with Crippen LogP contribution in [0, 0.1) is 11.2 Å². The lowest BCUT2D eigenvalue weighted by Gasteiger charge is -2.70. The number of nitrogens with one attached hydrogen (secondary N) is 1. The van der Waals surface area contributed by atoms with Gasteiger partial charge in [-0.15, -0.1) is 0 Å². The molecule has 1 unspecified atom stereocenters. The van der Waals surface area contributed by atoms with Crippen molar-refractivity contribution in [1.29, 1.82) is 0 Å². The first-order valence-corrected chi connectivity index (χ1v) is 14.1. The predicted molar refractivity (Wildman–Crippen MR) is 146 cm³/mol. The zero-order valence-electron chi connectivity index (χ0n) is 22.3. The molecule has 3 saturated carbocycles. The summed E-state index contributed by atoms with van der Waals surface area (Å²) in [6, 6.07) is 8.67. The van der Waals surface area contributed by atoms with Crippen molar-refractivity contribution in [2.45, 2.75) is 69.4 Å². The molecular weight excluding hydrogens is 584 g/mol. The van der Waals surface area contributed by atoms with E-state index in [2.05, 4.69) is 5.32 Å². The molecule has 2 aromatic rings. The van der Waals surface area contributed by atoms with Crippen molar-refractivity contribution in [3.05, 3.63) is 52.3 Å². The van der Waals surface area contributed by atoms with Crippen molar-refractivity contribution in [3.63, 3.8) is 0 Å². The highest BCUT2D eigenvalue weighted by atomic mass is 35.5. The molecule has 0 aromatic heterocycles. The summed E-state index contributed by atoms with van der Waals surface area (Å²) in [5.41, 5.74) is -0.261. The number of carbonyl (C=O) groups excluding carboxylic acids is 3. The van der Waals surface area contributed by atoms with Gasteiger partial charge in [-0.2, -0.15) is 0 Å². The molecule has 4 aliphatic rings. The van der Waals surface area contributed by atoms with Gasteiger partial charge in [-0.05, 0) is 68.4 Å². The third-order valence-corrected chi connectivity index (χ3v) is 8.36. The molecular formula is C29H29Cl2F3N2O5. The van der Waals surface area contributed by atoms with Crippen LogP contribution in [-0.4, -0.2) is 48.3 Å². The van der Waals surface area contributed by atoms with Crippen LogP contribution in [0.2, 0.25) is 10.0 Å². The molecule has 0 radical (unpaired) electrons. The lowest BCUT2D eigenvalue weighted by Crippen LogP contribution is -2.76. The maximum Gasteiger partial charge on any atom is 0.263 e. The van der Waals surface area contributed by atoms with E-state index >= 15 is 0 Å². The number of nitrogens with zero attached hydrogens (tertiary/aromatic N) is 1. The van der Waals surface area contributed by atoms with Crippen LogP contribution in [0.15, 0.2) is 36.4 Å². The van der Waals surface area contributed by atoms with Gasteiger partial charge in [0.2, 0.25) is 11.8 Å². The summed E-state index contributed by atoms with van der Waals surface area (Å²) in [7, 11) is 0. The van der Waals surface area contributed by atoms with E-state index < -0.39 is 41.6 Å². The maximum absolute atomic E-state index is 13.6. The highest BCUT2D eigenvalue weighted by Gasteiger charge is 2.68. The largest absolute Gasteiger partial charge is 0.486 e. The Hall–Kier alpha value is -2.98. The van der Waals surface area contributed by atoms with Gasteiger partial charge in [0.25, 0.3) is 5.91 Å². The van der Waals surface area contributed by atoms with Crippen molar-refractivity contribution in [1.82, 2.24) is 5.32 Å². The number of ketones is 1. The van der Waals surface area contributed by atoms with E-state index in [0.717, 1.165) is 13.0 Å². The topological polar surface area (TPSA) is 84.9 Å². The Labute approximate surface area is 245 Å². The second-order valence-corrected chi connectivity index (χ2v) is 12.4. The smallest absolute Gasteiger partial charge is 0.263 e. The quantitative estimate of drug-likeness (QED) is 0.330. The Bertz CT molecular complexity index is 1360. The molecule has 0 spiro atoms. The zero-order chi connectivity index (χ0) is 29.6. The second-order valence-electron chi connectivity index (χ2n) is 11.5. The fraction of sp³-hybridized carbons (Fsp3) is 0.483. The normalized spacial score (nSPS) is 24.3. The minimum atomic E-state index is -2.87. The molecule has 1 atom stereocenters. The lowest BCUT2D eigenvalue weighted by atomic mass is 9.38. The van der Waals surface area contributed by atoms with Gasteiger partial charge in [0.05, 0.1) is 17.3 Å². The number of amides is 2. The molecule has 220 valence electrons. The SMILES string of the molecule is CC(F)(F)CCCC(=O)N1CC(C(=O)NC23CC(CC(=O)COc4ccc(Cl)c(F)c4)(C2)C3)Oc2ccc(Cl)cc21. The van der Waals surface area contributed by atoms with E-state index in [9.17, 15) is 27.6 Å². The van der Waals surface area contributed by atoms with Crippen LogP contribution in [-0.2, 0) is 14.4 Å².